The normalized spacial score (nSPS) is 22.9. The molecule has 0 aromatic rings. The zero-order valence-corrected chi connectivity index (χ0v) is 17.0. The van der Waals surface area contributed by atoms with Crippen molar-refractivity contribution < 1.29 is 29.7 Å². The maximum absolute atomic E-state index is 12.7. The second-order valence-corrected chi connectivity index (χ2v) is 6.52. The van der Waals surface area contributed by atoms with Gasteiger partial charge < -0.3 is 15.2 Å². The van der Waals surface area contributed by atoms with Crippen LogP contribution in [0.25, 0.3) is 5.41 Å². The van der Waals surface area contributed by atoms with E-state index in [2.05, 4.69) is 20.2 Å². The molecule has 2 aliphatic heterocycles. The first-order valence-electron chi connectivity index (χ1n) is 8.64. The zero-order chi connectivity index (χ0) is 21.2. The summed E-state index contributed by atoms with van der Waals surface area (Å²) in [5.41, 5.74) is 1.91. The maximum Gasteiger partial charge on any atom is 2.00 e. The van der Waals surface area contributed by atoms with E-state index in [9.17, 15) is 13.2 Å². The molecule has 158 valence electrons. The Morgan fingerprint density at radius 1 is 1.23 bits per heavy atom. The molecule has 0 radical (unpaired) electrons. The van der Waals surface area contributed by atoms with E-state index in [4.69, 9.17) is 10.7 Å². The molecule has 1 saturated heterocycles. The Kier molecular flexibility index (Phi) is 7.14. The summed E-state index contributed by atoms with van der Waals surface area (Å²) < 4.78 is 38.1. The van der Waals surface area contributed by atoms with Crippen LogP contribution in [0.1, 0.15) is 12.8 Å². The zero-order valence-electron chi connectivity index (χ0n) is 16.0. The van der Waals surface area contributed by atoms with E-state index in [0.29, 0.717) is 0 Å². The van der Waals surface area contributed by atoms with Gasteiger partial charge in [-0.1, -0.05) is 0 Å². The summed E-state index contributed by atoms with van der Waals surface area (Å²) in [7, 11) is 3.37. The van der Waals surface area contributed by atoms with Crippen LogP contribution in [0.15, 0.2) is 49.3 Å². The molecule has 0 aromatic carbocycles. The van der Waals surface area contributed by atoms with E-state index in [-0.39, 0.29) is 45.3 Å². The number of nitriles is 1. The fourth-order valence-corrected chi connectivity index (χ4v) is 3.05. The molecular weight excluding hydrogens is 444 g/mol. The minimum Gasteiger partial charge on any atom is -0.761 e. The minimum atomic E-state index is -4.45. The molecule has 0 N–H and O–H groups in total. The van der Waals surface area contributed by atoms with Crippen molar-refractivity contribution in [3.8, 4) is 6.07 Å². The van der Waals surface area contributed by atoms with Crippen molar-refractivity contribution in [3.63, 3.8) is 0 Å². The third-order valence-electron chi connectivity index (χ3n) is 4.49. The number of hydrogen-bond donors (Lipinski definition) is 0. The van der Waals surface area contributed by atoms with Gasteiger partial charge in [0.15, 0.2) is 5.71 Å². The molecule has 0 atom stereocenters. The average Bonchev–Trinajstić information content (AvgIpc) is 2.99. The number of fused-ring (bicyclic) bond motifs is 1. The van der Waals surface area contributed by atoms with Gasteiger partial charge in [0.05, 0.1) is 5.71 Å². The van der Waals surface area contributed by atoms with Gasteiger partial charge in [0.25, 0.3) is 5.96 Å². The van der Waals surface area contributed by atoms with Crippen molar-refractivity contribution in [3.05, 3.63) is 34.5 Å². The Hall–Kier alpha value is -3.02. The van der Waals surface area contributed by atoms with Crippen LogP contribution >= 0.6 is 0 Å². The molecule has 0 bridgehead atoms. The molecule has 0 spiro atoms. The number of likely N-dealkylation sites (tertiary alicyclic amines) is 1. The van der Waals surface area contributed by atoms with Crippen molar-refractivity contribution >= 4 is 29.0 Å². The third-order valence-corrected chi connectivity index (χ3v) is 4.49. The number of rotatable bonds is 2. The van der Waals surface area contributed by atoms with Crippen molar-refractivity contribution in [1.29, 1.82) is 5.26 Å². The SMILES string of the molecule is CN1CCCC2=CC(=NN=C3N=C(C#N)C(=C=[N-])N3C)C(=NCC(F)(F)F)C=C21.[Ni+2]. The molecule has 0 saturated carbocycles. The first kappa shape index (κ1) is 23.3. The average molecular weight is 460 g/mol. The molecule has 3 aliphatic rings. The van der Waals surface area contributed by atoms with E-state index in [0.717, 1.165) is 30.7 Å². The molecule has 1 fully saturated rings. The molecule has 0 unspecified atom stereocenters. The van der Waals surface area contributed by atoms with Gasteiger partial charge in [-0.05, 0) is 30.6 Å². The van der Waals surface area contributed by atoms with Gasteiger partial charge in [-0.25, -0.2) is 5.87 Å². The summed E-state index contributed by atoms with van der Waals surface area (Å²) in [5, 5.41) is 26.1. The summed E-state index contributed by atoms with van der Waals surface area (Å²) >= 11 is 0. The third kappa shape index (κ3) is 4.93. The van der Waals surface area contributed by atoms with Crippen LogP contribution in [0.5, 0.6) is 0 Å². The van der Waals surface area contributed by atoms with E-state index in [1.807, 2.05) is 17.8 Å². The first-order valence-corrected chi connectivity index (χ1v) is 8.64. The smallest absolute Gasteiger partial charge is 0.761 e. The molecule has 1 aliphatic carbocycles. The maximum atomic E-state index is 12.7. The topological polar surface area (TPSA) is 102 Å². The first-order chi connectivity index (χ1) is 13.7. The summed E-state index contributed by atoms with van der Waals surface area (Å²) in [4.78, 5) is 10.9. The Morgan fingerprint density at radius 3 is 2.57 bits per heavy atom. The van der Waals surface area contributed by atoms with Gasteiger partial charge in [-0.2, -0.15) is 23.4 Å². The van der Waals surface area contributed by atoms with Gasteiger partial charge in [0, 0.05) is 26.3 Å². The Bertz CT molecular complexity index is 1000. The number of halogens is 3. The number of allylic oxidation sites excluding steroid dienone is 4. The van der Waals surface area contributed by atoms with Gasteiger partial charge in [-0.3, -0.25) is 4.99 Å². The summed E-state index contributed by atoms with van der Waals surface area (Å²) in [6.45, 7) is -0.536. The van der Waals surface area contributed by atoms with E-state index < -0.39 is 12.7 Å². The fraction of sp³-hybridized carbons (Fsp3) is 0.389. The quantitative estimate of drug-likeness (QED) is 0.274. The van der Waals surface area contributed by atoms with Crippen molar-refractivity contribution in [2.75, 3.05) is 27.2 Å². The second-order valence-electron chi connectivity index (χ2n) is 6.52. The van der Waals surface area contributed by atoms with E-state index in [1.54, 1.807) is 18.2 Å². The van der Waals surface area contributed by atoms with Crippen molar-refractivity contribution in [2.45, 2.75) is 19.0 Å². The van der Waals surface area contributed by atoms with Crippen LogP contribution in [0.4, 0.5) is 13.2 Å². The number of hydrogen-bond acceptors (Lipinski definition) is 5. The van der Waals surface area contributed by atoms with Gasteiger partial charge in [-0.15, -0.1) is 10.2 Å². The molecular formula is C18H16F3N8Ni+. The Balaban J connectivity index is 0.00000320. The molecule has 2 heterocycles. The van der Waals surface area contributed by atoms with Crippen molar-refractivity contribution in [1.82, 2.24) is 9.80 Å². The largest absolute Gasteiger partial charge is 2.00 e. The number of alkyl halides is 3. The molecule has 3 rings (SSSR count). The number of nitrogens with zero attached hydrogens (tertiary/aromatic N) is 8. The minimum absolute atomic E-state index is 0. The predicted molar refractivity (Wildman–Crippen MR) is 104 cm³/mol. The van der Waals surface area contributed by atoms with E-state index in [1.165, 1.54) is 11.9 Å². The number of aliphatic imine (C=N–C) groups is 2. The summed E-state index contributed by atoms with van der Waals surface area (Å²) in [6, 6.07) is 1.79. The molecule has 8 nitrogen and oxygen atoms in total. The number of likely N-dealkylation sites (N-methyl/N-ethyl adjacent to an activating group) is 1. The van der Waals surface area contributed by atoms with Crippen LogP contribution < -0.4 is 0 Å². The van der Waals surface area contributed by atoms with Gasteiger partial charge >= 0.3 is 22.7 Å². The monoisotopic (exact) mass is 459 g/mol. The second kappa shape index (κ2) is 9.20. The Morgan fingerprint density at radius 2 is 1.97 bits per heavy atom. The molecule has 0 amide bonds. The van der Waals surface area contributed by atoms with Gasteiger partial charge in [0.1, 0.15) is 24.0 Å². The van der Waals surface area contributed by atoms with Crippen LogP contribution in [-0.4, -0.2) is 72.1 Å². The predicted octanol–water partition coefficient (Wildman–Crippen LogP) is 2.28. The molecule has 30 heavy (non-hydrogen) atoms. The fourth-order valence-electron chi connectivity index (χ4n) is 3.05. The van der Waals surface area contributed by atoms with Crippen LogP contribution in [0.3, 0.4) is 0 Å². The standard InChI is InChI=1S/C18H16F3N8.Ni/c1-28-5-3-4-11-6-13(12(7-15(11)28)24-10-18(19,20)21)26-27-17-25-14(8-22)16(9-23)29(17)2;/h6-7H,3-5,10H2,1-2H3;/q-1;+2. The molecule has 0 aromatic heterocycles. The van der Waals surface area contributed by atoms with Crippen molar-refractivity contribution in [2.24, 2.45) is 20.2 Å². The van der Waals surface area contributed by atoms with Crippen LogP contribution in [0, 0.1) is 11.3 Å². The Labute approximate surface area is 181 Å². The molecule has 12 heteroatoms. The van der Waals surface area contributed by atoms with Crippen LogP contribution in [-0.2, 0) is 16.5 Å². The summed E-state index contributed by atoms with van der Waals surface area (Å²) in [6.07, 6.45) is 0.480. The summed E-state index contributed by atoms with van der Waals surface area (Å²) in [5.74, 6) is 1.85. The van der Waals surface area contributed by atoms with E-state index >= 15 is 0 Å². The number of piperidine rings is 1. The van der Waals surface area contributed by atoms with Crippen LogP contribution in [0.2, 0.25) is 0 Å². The van der Waals surface area contributed by atoms with Gasteiger partial charge in [0.2, 0.25) is 0 Å². The number of guanidine groups is 1.